The molecule has 2 aromatic rings. The third kappa shape index (κ3) is 3.45. The summed E-state index contributed by atoms with van der Waals surface area (Å²) in [5.41, 5.74) is 4.03. The first-order valence-electron chi connectivity index (χ1n) is 7.97. The summed E-state index contributed by atoms with van der Waals surface area (Å²) in [6.45, 7) is 5.65. The first-order chi connectivity index (χ1) is 10.3. The van der Waals surface area contributed by atoms with Gasteiger partial charge in [0.15, 0.2) is 0 Å². The molecule has 0 saturated carbocycles. The maximum atomic E-state index is 3.58. The molecule has 21 heavy (non-hydrogen) atoms. The van der Waals surface area contributed by atoms with E-state index in [4.69, 9.17) is 0 Å². The maximum absolute atomic E-state index is 3.58. The lowest BCUT2D eigenvalue weighted by atomic mass is 10.0. The molecule has 110 valence electrons. The fourth-order valence-corrected chi connectivity index (χ4v) is 3.03. The van der Waals surface area contributed by atoms with Crippen LogP contribution in [0.5, 0.6) is 0 Å². The van der Waals surface area contributed by atoms with Gasteiger partial charge in [-0.2, -0.15) is 0 Å². The van der Waals surface area contributed by atoms with Crippen LogP contribution in [0.1, 0.15) is 19.8 Å². The second-order valence-electron chi connectivity index (χ2n) is 5.87. The van der Waals surface area contributed by atoms with Gasteiger partial charge in [0.05, 0.1) is 0 Å². The fourth-order valence-electron chi connectivity index (χ4n) is 3.03. The van der Waals surface area contributed by atoms with E-state index in [1.807, 2.05) is 0 Å². The van der Waals surface area contributed by atoms with Crippen LogP contribution < -0.4 is 10.2 Å². The fraction of sp³-hybridized carbons (Fsp3) is 0.368. The van der Waals surface area contributed by atoms with Gasteiger partial charge in [0.2, 0.25) is 0 Å². The Morgan fingerprint density at radius 1 is 0.952 bits per heavy atom. The molecule has 0 radical (unpaired) electrons. The number of nitrogens with one attached hydrogen (secondary N) is 1. The Hall–Kier alpha value is -1.80. The van der Waals surface area contributed by atoms with Gasteiger partial charge in [0.1, 0.15) is 0 Å². The number of rotatable bonds is 2. The van der Waals surface area contributed by atoms with Crippen molar-refractivity contribution in [1.82, 2.24) is 5.32 Å². The molecule has 1 saturated heterocycles. The van der Waals surface area contributed by atoms with Crippen molar-refractivity contribution in [3.8, 4) is 11.1 Å². The smallest absolute Gasteiger partial charge is 0.0445 e. The van der Waals surface area contributed by atoms with Gasteiger partial charge >= 0.3 is 0 Å². The standard InChI is InChI=1S/C19H24N2/c1-16-12-15-21(14-7-13-20-16)19-11-6-5-10-18(19)17-8-3-2-4-9-17/h2-6,8-11,16,20H,7,12-15H2,1H3. The van der Waals surface area contributed by atoms with E-state index in [9.17, 15) is 0 Å². The van der Waals surface area contributed by atoms with E-state index in [1.54, 1.807) is 0 Å². The zero-order valence-corrected chi connectivity index (χ0v) is 12.8. The van der Waals surface area contributed by atoms with Crippen molar-refractivity contribution in [2.24, 2.45) is 0 Å². The van der Waals surface area contributed by atoms with Crippen molar-refractivity contribution in [2.45, 2.75) is 25.8 Å². The topological polar surface area (TPSA) is 15.3 Å². The van der Waals surface area contributed by atoms with E-state index in [1.165, 1.54) is 29.7 Å². The van der Waals surface area contributed by atoms with Gasteiger partial charge in [0, 0.05) is 30.4 Å². The largest absolute Gasteiger partial charge is 0.371 e. The molecule has 1 heterocycles. The molecule has 1 aliphatic heterocycles. The van der Waals surface area contributed by atoms with E-state index in [2.05, 4.69) is 71.7 Å². The first-order valence-corrected chi connectivity index (χ1v) is 7.97. The SMILES string of the molecule is CC1CCN(c2ccccc2-c2ccccc2)CCCN1. The molecule has 1 fully saturated rings. The van der Waals surface area contributed by atoms with Gasteiger partial charge in [-0.15, -0.1) is 0 Å². The second kappa shape index (κ2) is 6.77. The molecule has 2 aromatic carbocycles. The van der Waals surface area contributed by atoms with Crippen molar-refractivity contribution < 1.29 is 0 Å². The summed E-state index contributed by atoms with van der Waals surface area (Å²) in [7, 11) is 0. The summed E-state index contributed by atoms with van der Waals surface area (Å²) >= 11 is 0. The zero-order valence-electron chi connectivity index (χ0n) is 12.8. The molecular formula is C19H24N2. The number of benzene rings is 2. The molecular weight excluding hydrogens is 256 g/mol. The van der Waals surface area contributed by atoms with Gasteiger partial charge in [-0.05, 0) is 37.9 Å². The van der Waals surface area contributed by atoms with Crippen LogP contribution in [0, 0.1) is 0 Å². The average molecular weight is 280 g/mol. The van der Waals surface area contributed by atoms with Crippen molar-refractivity contribution >= 4 is 5.69 Å². The van der Waals surface area contributed by atoms with E-state index in [0.29, 0.717) is 6.04 Å². The highest BCUT2D eigenvalue weighted by Gasteiger charge is 2.15. The number of anilines is 1. The molecule has 2 heteroatoms. The Morgan fingerprint density at radius 3 is 2.57 bits per heavy atom. The molecule has 0 amide bonds. The van der Waals surface area contributed by atoms with Gasteiger partial charge < -0.3 is 10.2 Å². The molecule has 1 aliphatic rings. The maximum Gasteiger partial charge on any atom is 0.0445 e. The summed E-state index contributed by atoms with van der Waals surface area (Å²) in [5, 5.41) is 3.58. The Bertz CT molecular complexity index is 565. The molecule has 2 nitrogen and oxygen atoms in total. The van der Waals surface area contributed by atoms with Crippen LogP contribution in [-0.4, -0.2) is 25.7 Å². The van der Waals surface area contributed by atoms with Crippen LogP contribution in [0.25, 0.3) is 11.1 Å². The van der Waals surface area contributed by atoms with Gasteiger partial charge in [-0.25, -0.2) is 0 Å². The third-order valence-corrected chi connectivity index (χ3v) is 4.26. The van der Waals surface area contributed by atoms with Crippen LogP contribution in [-0.2, 0) is 0 Å². The lowest BCUT2D eigenvalue weighted by molar-refractivity contribution is 0.475. The average Bonchev–Trinajstić information content (AvgIpc) is 2.52. The van der Waals surface area contributed by atoms with Crippen molar-refractivity contribution in [2.75, 3.05) is 24.5 Å². The second-order valence-corrected chi connectivity index (χ2v) is 5.87. The summed E-state index contributed by atoms with van der Waals surface area (Å²) in [6, 6.07) is 20.1. The number of hydrogen-bond acceptors (Lipinski definition) is 2. The highest BCUT2D eigenvalue weighted by Crippen LogP contribution is 2.31. The van der Waals surface area contributed by atoms with Crippen LogP contribution in [0.2, 0.25) is 0 Å². The number of hydrogen-bond donors (Lipinski definition) is 1. The van der Waals surface area contributed by atoms with Gasteiger partial charge in [0.25, 0.3) is 0 Å². The minimum Gasteiger partial charge on any atom is -0.371 e. The predicted octanol–water partition coefficient (Wildman–Crippen LogP) is 3.93. The third-order valence-electron chi connectivity index (χ3n) is 4.26. The Labute approximate surface area is 127 Å². The normalized spacial score (nSPS) is 19.9. The highest BCUT2D eigenvalue weighted by molar-refractivity contribution is 5.78. The van der Waals surface area contributed by atoms with E-state index < -0.39 is 0 Å². The number of nitrogens with zero attached hydrogens (tertiary/aromatic N) is 1. The molecule has 1 atom stereocenters. The Morgan fingerprint density at radius 2 is 1.71 bits per heavy atom. The highest BCUT2D eigenvalue weighted by atomic mass is 15.1. The molecule has 3 rings (SSSR count). The van der Waals surface area contributed by atoms with E-state index in [-0.39, 0.29) is 0 Å². The predicted molar refractivity (Wildman–Crippen MR) is 90.8 cm³/mol. The molecule has 0 spiro atoms. The number of para-hydroxylation sites is 1. The molecule has 0 aromatic heterocycles. The quantitative estimate of drug-likeness (QED) is 0.896. The summed E-state index contributed by atoms with van der Waals surface area (Å²) in [4.78, 5) is 2.56. The van der Waals surface area contributed by atoms with Crippen LogP contribution >= 0.6 is 0 Å². The summed E-state index contributed by atoms with van der Waals surface area (Å²) in [6.07, 6.45) is 2.40. The summed E-state index contributed by atoms with van der Waals surface area (Å²) in [5.74, 6) is 0. The molecule has 1 unspecified atom stereocenters. The zero-order chi connectivity index (χ0) is 14.5. The first kappa shape index (κ1) is 14.2. The lowest BCUT2D eigenvalue weighted by Gasteiger charge is -2.31. The monoisotopic (exact) mass is 280 g/mol. The molecule has 1 N–H and O–H groups in total. The van der Waals surface area contributed by atoms with Gasteiger partial charge in [-0.3, -0.25) is 0 Å². The minimum atomic E-state index is 0.608. The van der Waals surface area contributed by atoms with Crippen LogP contribution in [0.15, 0.2) is 54.6 Å². The van der Waals surface area contributed by atoms with E-state index in [0.717, 1.165) is 19.6 Å². The Kier molecular flexibility index (Phi) is 4.56. The van der Waals surface area contributed by atoms with Crippen molar-refractivity contribution in [3.63, 3.8) is 0 Å². The minimum absolute atomic E-state index is 0.608. The van der Waals surface area contributed by atoms with Gasteiger partial charge in [-0.1, -0.05) is 48.5 Å². The Balaban J connectivity index is 1.91. The van der Waals surface area contributed by atoms with Crippen LogP contribution in [0.3, 0.4) is 0 Å². The van der Waals surface area contributed by atoms with Crippen molar-refractivity contribution in [1.29, 1.82) is 0 Å². The summed E-state index contributed by atoms with van der Waals surface area (Å²) < 4.78 is 0. The van der Waals surface area contributed by atoms with E-state index >= 15 is 0 Å². The lowest BCUT2D eigenvalue weighted by Crippen LogP contribution is -2.38. The van der Waals surface area contributed by atoms with Crippen LogP contribution in [0.4, 0.5) is 5.69 Å². The van der Waals surface area contributed by atoms with Crippen molar-refractivity contribution in [3.05, 3.63) is 54.6 Å². The molecule has 0 bridgehead atoms. The molecule has 0 aliphatic carbocycles.